The molecular formula is C12H17N3OS. The highest BCUT2D eigenvalue weighted by Gasteiger charge is 2.16. The molecule has 0 saturated heterocycles. The molecule has 4 nitrogen and oxygen atoms in total. The van der Waals surface area contributed by atoms with Crippen molar-refractivity contribution in [2.75, 3.05) is 17.3 Å². The average molecular weight is 251 g/mol. The number of carbonyl (C=O) groups is 1. The van der Waals surface area contributed by atoms with Crippen LogP contribution < -0.4 is 16.0 Å². The third-order valence-corrected chi connectivity index (χ3v) is 2.73. The molecule has 1 amide bonds. The summed E-state index contributed by atoms with van der Waals surface area (Å²) in [4.78, 5) is 13.1. The third-order valence-electron chi connectivity index (χ3n) is 2.51. The monoisotopic (exact) mass is 251 g/mol. The molecule has 0 aliphatic carbocycles. The van der Waals surface area contributed by atoms with Crippen molar-refractivity contribution in [2.24, 2.45) is 5.73 Å². The van der Waals surface area contributed by atoms with Crippen molar-refractivity contribution in [3.63, 3.8) is 0 Å². The second-order valence-electron chi connectivity index (χ2n) is 3.92. The molecule has 0 radical (unpaired) electrons. The number of rotatable bonds is 5. The number of carbonyl (C=O) groups excluding carboxylic acids is 1. The number of anilines is 2. The highest BCUT2D eigenvalue weighted by atomic mass is 32.1. The molecule has 0 fully saturated rings. The lowest BCUT2D eigenvalue weighted by molar-refractivity contribution is -0.107. The number of benzene rings is 1. The van der Waals surface area contributed by atoms with Crippen LogP contribution in [-0.4, -0.2) is 24.5 Å². The van der Waals surface area contributed by atoms with Crippen molar-refractivity contribution in [3.8, 4) is 0 Å². The van der Waals surface area contributed by atoms with Crippen molar-refractivity contribution in [3.05, 3.63) is 23.8 Å². The van der Waals surface area contributed by atoms with E-state index >= 15 is 0 Å². The van der Waals surface area contributed by atoms with Gasteiger partial charge in [-0.15, -0.1) is 0 Å². The molecule has 0 bridgehead atoms. The predicted octanol–water partition coefficient (Wildman–Crippen LogP) is 1.73. The fraction of sp³-hybridized carbons (Fsp3) is 0.333. The van der Waals surface area contributed by atoms with Crippen molar-refractivity contribution in [1.82, 2.24) is 0 Å². The molecule has 1 aromatic carbocycles. The highest BCUT2D eigenvalue weighted by molar-refractivity contribution is 7.80. The molecule has 0 heterocycles. The predicted molar refractivity (Wildman–Crippen MR) is 75.6 cm³/mol. The van der Waals surface area contributed by atoms with Gasteiger partial charge in [0.25, 0.3) is 0 Å². The summed E-state index contributed by atoms with van der Waals surface area (Å²) in [6.45, 7) is 3.89. The maximum absolute atomic E-state index is 11.1. The van der Waals surface area contributed by atoms with E-state index in [2.05, 4.69) is 5.32 Å². The van der Waals surface area contributed by atoms with Crippen molar-refractivity contribution >= 4 is 35.0 Å². The lowest BCUT2D eigenvalue weighted by atomic mass is 10.1. The fourth-order valence-electron chi connectivity index (χ4n) is 1.68. The first-order chi connectivity index (χ1) is 8.02. The normalized spacial score (nSPS) is 10.1. The lowest BCUT2D eigenvalue weighted by Gasteiger charge is -2.25. The first-order valence-electron chi connectivity index (χ1n) is 5.37. The Kier molecular flexibility index (Phi) is 4.45. The molecule has 0 spiro atoms. The van der Waals surface area contributed by atoms with Gasteiger partial charge in [0.1, 0.15) is 4.99 Å². The smallest absolute Gasteiger partial charge is 0.214 e. The standard InChI is InChI=1S/C12H17N3OS/c1-8(2)15(7-16)10-6-4-5-9(12(13)17)11(10)14-3/h4-8,14H,1-3H3,(H2,13,17). The number of nitrogens with zero attached hydrogens (tertiary/aromatic N) is 1. The van der Waals surface area contributed by atoms with Gasteiger partial charge in [-0.25, -0.2) is 0 Å². The van der Waals surface area contributed by atoms with Gasteiger partial charge in [-0.05, 0) is 26.0 Å². The van der Waals surface area contributed by atoms with E-state index in [4.69, 9.17) is 18.0 Å². The molecule has 0 unspecified atom stereocenters. The van der Waals surface area contributed by atoms with Crippen LogP contribution in [0.25, 0.3) is 0 Å². The molecule has 0 aromatic heterocycles. The van der Waals surface area contributed by atoms with Gasteiger partial charge in [0.15, 0.2) is 0 Å². The summed E-state index contributed by atoms with van der Waals surface area (Å²) in [5.74, 6) is 0. The van der Waals surface area contributed by atoms with E-state index in [0.717, 1.165) is 23.3 Å². The zero-order valence-electron chi connectivity index (χ0n) is 10.2. The van der Waals surface area contributed by atoms with Crippen LogP contribution in [0.4, 0.5) is 11.4 Å². The van der Waals surface area contributed by atoms with Gasteiger partial charge < -0.3 is 16.0 Å². The second kappa shape index (κ2) is 5.63. The Morgan fingerprint density at radius 2 is 2.18 bits per heavy atom. The van der Waals surface area contributed by atoms with Gasteiger partial charge in [0.2, 0.25) is 6.41 Å². The summed E-state index contributed by atoms with van der Waals surface area (Å²) in [7, 11) is 1.78. The van der Waals surface area contributed by atoms with E-state index in [-0.39, 0.29) is 6.04 Å². The van der Waals surface area contributed by atoms with Gasteiger partial charge in [0, 0.05) is 18.7 Å². The van der Waals surface area contributed by atoms with Crippen molar-refractivity contribution in [2.45, 2.75) is 19.9 Å². The molecular weight excluding hydrogens is 234 g/mol. The Morgan fingerprint density at radius 1 is 1.53 bits per heavy atom. The van der Waals surface area contributed by atoms with E-state index in [1.807, 2.05) is 32.0 Å². The molecule has 0 saturated carbocycles. The Balaban J connectivity index is 3.37. The number of nitrogens with one attached hydrogen (secondary N) is 1. The van der Waals surface area contributed by atoms with Gasteiger partial charge >= 0.3 is 0 Å². The minimum atomic E-state index is 0.0706. The number of para-hydroxylation sites is 1. The first kappa shape index (κ1) is 13.4. The van der Waals surface area contributed by atoms with Crippen LogP contribution >= 0.6 is 12.2 Å². The largest absolute Gasteiger partial charge is 0.389 e. The molecule has 3 N–H and O–H groups in total. The average Bonchev–Trinajstić information content (AvgIpc) is 2.29. The summed E-state index contributed by atoms with van der Waals surface area (Å²) < 4.78 is 0. The summed E-state index contributed by atoms with van der Waals surface area (Å²) in [6.07, 6.45) is 0.810. The van der Waals surface area contributed by atoms with E-state index in [1.165, 1.54) is 0 Å². The second-order valence-corrected chi connectivity index (χ2v) is 4.36. The highest BCUT2D eigenvalue weighted by Crippen LogP contribution is 2.29. The Labute approximate surface area is 107 Å². The molecule has 0 atom stereocenters. The summed E-state index contributed by atoms with van der Waals surface area (Å²) in [5, 5.41) is 3.05. The number of hydrogen-bond acceptors (Lipinski definition) is 3. The topological polar surface area (TPSA) is 58.4 Å². The molecule has 0 aliphatic heterocycles. The van der Waals surface area contributed by atoms with Gasteiger partial charge in [-0.3, -0.25) is 4.79 Å². The Morgan fingerprint density at radius 3 is 2.59 bits per heavy atom. The quantitative estimate of drug-likeness (QED) is 0.618. The lowest BCUT2D eigenvalue weighted by Crippen LogP contribution is -2.30. The van der Waals surface area contributed by atoms with Crippen LogP contribution in [0.5, 0.6) is 0 Å². The molecule has 5 heteroatoms. The van der Waals surface area contributed by atoms with E-state index in [1.54, 1.807) is 11.9 Å². The van der Waals surface area contributed by atoms with Crippen LogP contribution in [0.2, 0.25) is 0 Å². The maximum Gasteiger partial charge on any atom is 0.214 e. The first-order valence-corrected chi connectivity index (χ1v) is 5.78. The fourth-order valence-corrected chi connectivity index (χ4v) is 1.85. The third kappa shape index (κ3) is 2.74. The molecule has 17 heavy (non-hydrogen) atoms. The van der Waals surface area contributed by atoms with Crippen LogP contribution in [0, 0.1) is 0 Å². The minimum absolute atomic E-state index is 0.0706. The Hall–Kier alpha value is -1.62. The van der Waals surface area contributed by atoms with Crippen molar-refractivity contribution < 1.29 is 4.79 Å². The maximum atomic E-state index is 11.1. The molecule has 0 aliphatic rings. The molecule has 92 valence electrons. The number of amides is 1. The van der Waals surface area contributed by atoms with Crippen molar-refractivity contribution in [1.29, 1.82) is 0 Å². The zero-order chi connectivity index (χ0) is 13.0. The van der Waals surface area contributed by atoms with Gasteiger partial charge in [-0.1, -0.05) is 18.3 Å². The van der Waals surface area contributed by atoms with Crippen LogP contribution in [-0.2, 0) is 4.79 Å². The van der Waals surface area contributed by atoms with Gasteiger partial charge in [-0.2, -0.15) is 0 Å². The zero-order valence-corrected chi connectivity index (χ0v) is 11.0. The van der Waals surface area contributed by atoms with Gasteiger partial charge in [0.05, 0.1) is 11.4 Å². The summed E-state index contributed by atoms with van der Waals surface area (Å²) in [6, 6.07) is 5.60. The number of nitrogens with two attached hydrogens (primary N) is 1. The number of thiocarbonyl (C=S) groups is 1. The molecule has 1 rings (SSSR count). The van der Waals surface area contributed by atoms with Crippen LogP contribution in [0.1, 0.15) is 19.4 Å². The SMILES string of the molecule is CNc1c(C(N)=S)cccc1N(C=O)C(C)C. The molecule has 1 aromatic rings. The number of hydrogen-bond donors (Lipinski definition) is 2. The minimum Gasteiger partial charge on any atom is -0.389 e. The van der Waals surface area contributed by atoms with E-state index in [9.17, 15) is 4.79 Å². The summed E-state index contributed by atoms with van der Waals surface area (Å²) in [5.41, 5.74) is 7.96. The van der Waals surface area contributed by atoms with E-state index < -0.39 is 0 Å². The van der Waals surface area contributed by atoms with E-state index in [0.29, 0.717) is 4.99 Å². The summed E-state index contributed by atoms with van der Waals surface area (Å²) >= 11 is 4.99. The Bertz CT molecular complexity index is 432. The van der Waals surface area contributed by atoms with Crippen LogP contribution in [0.15, 0.2) is 18.2 Å². The van der Waals surface area contributed by atoms with Crippen LogP contribution in [0.3, 0.4) is 0 Å².